The third-order valence-corrected chi connectivity index (χ3v) is 3.55. The molecular weight excluding hydrogens is 248 g/mol. The molecule has 102 valence electrons. The number of benzene rings is 2. The first-order valence-electron chi connectivity index (χ1n) is 6.82. The van der Waals surface area contributed by atoms with Crippen LogP contribution in [0.5, 0.6) is 0 Å². The Balaban J connectivity index is 1.92. The number of rotatable bonds is 4. The number of H-pyrrole nitrogens is 1. The third kappa shape index (κ3) is 2.32. The summed E-state index contributed by atoms with van der Waals surface area (Å²) in [6, 6.07) is 14.6. The van der Waals surface area contributed by atoms with Gasteiger partial charge in [0, 0.05) is 5.39 Å². The first kappa shape index (κ1) is 12.5. The van der Waals surface area contributed by atoms with Crippen molar-refractivity contribution in [3.05, 3.63) is 54.2 Å². The lowest BCUT2D eigenvalue weighted by Gasteiger charge is -2.20. The van der Waals surface area contributed by atoms with Crippen LogP contribution in [0.4, 0.5) is 11.4 Å². The van der Waals surface area contributed by atoms with E-state index in [0.717, 1.165) is 28.7 Å². The molecule has 20 heavy (non-hydrogen) atoms. The van der Waals surface area contributed by atoms with Crippen LogP contribution >= 0.6 is 0 Å². The van der Waals surface area contributed by atoms with Gasteiger partial charge in [-0.25, -0.2) is 0 Å². The van der Waals surface area contributed by atoms with Crippen molar-refractivity contribution >= 4 is 22.3 Å². The minimum Gasteiger partial charge on any atom is -0.397 e. The van der Waals surface area contributed by atoms with E-state index in [0.29, 0.717) is 0 Å². The molecule has 0 saturated heterocycles. The van der Waals surface area contributed by atoms with Gasteiger partial charge in [-0.2, -0.15) is 5.10 Å². The normalized spacial score (nSPS) is 12.4. The van der Waals surface area contributed by atoms with Crippen LogP contribution in [0.2, 0.25) is 0 Å². The van der Waals surface area contributed by atoms with E-state index in [1.165, 1.54) is 5.56 Å². The highest BCUT2D eigenvalue weighted by Gasteiger charge is 2.11. The zero-order chi connectivity index (χ0) is 13.9. The monoisotopic (exact) mass is 266 g/mol. The van der Waals surface area contributed by atoms with E-state index in [2.05, 4.69) is 46.7 Å². The van der Waals surface area contributed by atoms with Crippen LogP contribution in [0, 0.1) is 0 Å². The number of nitrogens with two attached hydrogens (primary N) is 1. The first-order chi connectivity index (χ1) is 9.78. The summed E-state index contributed by atoms with van der Waals surface area (Å²) >= 11 is 0. The molecule has 4 nitrogen and oxygen atoms in total. The van der Waals surface area contributed by atoms with Gasteiger partial charge in [0.1, 0.15) is 0 Å². The zero-order valence-electron chi connectivity index (χ0n) is 11.4. The number of fused-ring (bicyclic) bond motifs is 1. The van der Waals surface area contributed by atoms with E-state index in [4.69, 9.17) is 5.73 Å². The Labute approximate surface area is 118 Å². The summed E-state index contributed by atoms with van der Waals surface area (Å²) in [5.41, 5.74) is 10.1. The van der Waals surface area contributed by atoms with Gasteiger partial charge >= 0.3 is 0 Å². The van der Waals surface area contributed by atoms with Crippen molar-refractivity contribution < 1.29 is 0 Å². The second kappa shape index (κ2) is 5.25. The molecule has 0 amide bonds. The van der Waals surface area contributed by atoms with E-state index in [1.54, 1.807) is 6.20 Å². The number of hydrogen-bond acceptors (Lipinski definition) is 3. The third-order valence-electron chi connectivity index (χ3n) is 3.55. The molecule has 0 aliphatic rings. The lowest BCUT2D eigenvalue weighted by molar-refractivity contribution is 0.750. The zero-order valence-corrected chi connectivity index (χ0v) is 11.4. The average Bonchev–Trinajstić information content (AvgIpc) is 2.92. The highest BCUT2D eigenvalue weighted by molar-refractivity contribution is 5.88. The van der Waals surface area contributed by atoms with Crippen LogP contribution in [0.25, 0.3) is 10.9 Å². The molecule has 0 spiro atoms. The summed E-state index contributed by atoms with van der Waals surface area (Å²) in [6.45, 7) is 2.16. The minimum atomic E-state index is 0.249. The van der Waals surface area contributed by atoms with Crippen LogP contribution in [0.1, 0.15) is 24.9 Å². The number of aromatic nitrogens is 2. The van der Waals surface area contributed by atoms with Crippen LogP contribution in [-0.4, -0.2) is 10.2 Å². The lowest BCUT2D eigenvalue weighted by Crippen LogP contribution is -2.11. The maximum atomic E-state index is 6.12. The van der Waals surface area contributed by atoms with Crippen LogP contribution in [0.15, 0.2) is 48.7 Å². The maximum absolute atomic E-state index is 6.12. The Morgan fingerprint density at radius 1 is 1.25 bits per heavy atom. The van der Waals surface area contributed by atoms with Crippen molar-refractivity contribution in [1.82, 2.24) is 10.2 Å². The van der Waals surface area contributed by atoms with Crippen molar-refractivity contribution in [2.24, 2.45) is 0 Å². The minimum absolute atomic E-state index is 0.249. The summed E-state index contributed by atoms with van der Waals surface area (Å²) in [7, 11) is 0. The van der Waals surface area contributed by atoms with E-state index >= 15 is 0 Å². The van der Waals surface area contributed by atoms with Crippen molar-refractivity contribution in [2.75, 3.05) is 11.1 Å². The van der Waals surface area contributed by atoms with Gasteiger partial charge in [0.05, 0.1) is 29.1 Å². The Bertz CT molecular complexity index is 703. The summed E-state index contributed by atoms with van der Waals surface area (Å²) in [4.78, 5) is 0. The predicted octanol–water partition coefficient (Wildman–Crippen LogP) is 3.71. The molecule has 0 radical (unpaired) electrons. The fourth-order valence-electron chi connectivity index (χ4n) is 2.43. The smallest absolute Gasteiger partial charge is 0.0672 e. The van der Waals surface area contributed by atoms with E-state index in [9.17, 15) is 0 Å². The number of nitrogens with one attached hydrogen (secondary N) is 2. The molecule has 0 aliphatic carbocycles. The SMILES string of the molecule is CCC(Nc1cc2[nH]ncc2cc1N)c1ccccc1. The van der Waals surface area contributed by atoms with E-state index in [1.807, 2.05) is 18.2 Å². The van der Waals surface area contributed by atoms with Gasteiger partial charge in [0.2, 0.25) is 0 Å². The van der Waals surface area contributed by atoms with Gasteiger partial charge in [-0.1, -0.05) is 37.3 Å². The summed E-state index contributed by atoms with van der Waals surface area (Å²) in [5, 5.41) is 11.6. The van der Waals surface area contributed by atoms with Gasteiger partial charge < -0.3 is 11.1 Å². The molecule has 4 N–H and O–H groups in total. The van der Waals surface area contributed by atoms with E-state index in [-0.39, 0.29) is 6.04 Å². The van der Waals surface area contributed by atoms with Gasteiger partial charge in [0.25, 0.3) is 0 Å². The Kier molecular flexibility index (Phi) is 3.29. The largest absolute Gasteiger partial charge is 0.397 e. The molecule has 3 aromatic rings. The molecule has 0 saturated carbocycles. The summed E-state index contributed by atoms with van der Waals surface area (Å²) in [6.07, 6.45) is 2.77. The quantitative estimate of drug-likeness (QED) is 0.631. The maximum Gasteiger partial charge on any atom is 0.0672 e. The molecule has 0 aliphatic heterocycles. The second-order valence-electron chi connectivity index (χ2n) is 4.91. The summed E-state index contributed by atoms with van der Waals surface area (Å²) in [5.74, 6) is 0. The molecule has 2 aromatic carbocycles. The van der Waals surface area contributed by atoms with Crippen LogP contribution < -0.4 is 11.1 Å². The van der Waals surface area contributed by atoms with Gasteiger partial charge in [0.15, 0.2) is 0 Å². The number of hydrogen-bond donors (Lipinski definition) is 3. The van der Waals surface area contributed by atoms with Crippen LogP contribution in [0.3, 0.4) is 0 Å². The number of aromatic amines is 1. The molecule has 4 heteroatoms. The molecule has 1 unspecified atom stereocenters. The van der Waals surface area contributed by atoms with Gasteiger partial charge in [-0.15, -0.1) is 0 Å². The fourth-order valence-corrected chi connectivity index (χ4v) is 2.43. The molecule has 3 rings (SSSR count). The predicted molar refractivity (Wildman–Crippen MR) is 83.6 cm³/mol. The highest BCUT2D eigenvalue weighted by atomic mass is 15.1. The summed E-state index contributed by atoms with van der Waals surface area (Å²) < 4.78 is 0. The molecular formula is C16H18N4. The average molecular weight is 266 g/mol. The topological polar surface area (TPSA) is 66.7 Å². The van der Waals surface area contributed by atoms with Crippen molar-refractivity contribution in [3.8, 4) is 0 Å². The highest BCUT2D eigenvalue weighted by Crippen LogP contribution is 2.29. The first-order valence-corrected chi connectivity index (χ1v) is 6.82. The number of nitrogens with zero attached hydrogens (tertiary/aromatic N) is 1. The van der Waals surface area contributed by atoms with Crippen LogP contribution in [-0.2, 0) is 0 Å². The number of anilines is 2. The molecule has 1 heterocycles. The lowest BCUT2D eigenvalue weighted by atomic mass is 10.0. The van der Waals surface area contributed by atoms with Crippen molar-refractivity contribution in [3.63, 3.8) is 0 Å². The Hall–Kier alpha value is -2.49. The second-order valence-corrected chi connectivity index (χ2v) is 4.91. The molecule has 0 fully saturated rings. The van der Waals surface area contributed by atoms with Crippen molar-refractivity contribution in [2.45, 2.75) is 19.4 Å². The standard InChI is InChI=1S/C16H18N4/c1-2-14(11-6-4-3-5-7-11)19-16-9-15-12(8-13(16)17)10-18-20-15/h3-10,14,19H,2,17H2,1H3,(H,18,20). The fraction of sp³-hybridized carbons (Fsp3) is 0.188. The van der Waals surface area contributed by atoms with Gasteiger partial charge in [-0.05, 0) is 24.1 Å². The number of nitrogen functional groups attached to an aromatic ring is 1. The van der Waals surface area contributed by atoms with Gasteiger partial charge in [-0.3, -0.25) is 5.10 Å². The van der Waals surface area contributed by atoms with Crippen molar-refractivity contribution in [1.29, 1.82) is 0 Å². The molecule has 0 bridgehead atoms. The Morgan fingerprint density at radius 2 is 2.05 bits per heavy atom. The van der Waals surface area contributed by atoms with E-state index < -0.39 is 0 Å². The molecule has 1 atom stereocenters. The molecule has 1 aromatic heterocycles. The Morgan fingerprint density at radius 3 is 2.80 bits per heavy atom.